The summed E-state index contributed by atoms with van der Waals surface area (Å²) in [5, 5.41) is 0. The molecule has 0 unspecified atom stereocenters. The van der Waals surface area contributed by atoms with Gasteiger partial charge in [0, 0.05) is 6.42 Å². The number of aromatic nitrogens is 1. The van der Waals surface area contributed by atoms with Gasteiger partial charge in [-0.15, -0.1) is 0 Å². The van der Waals surface area contributed by atoms with Crippen molar-refractivity contribution in [1.82, 2.24) is 4.98 Å². The summed E-state index contributed by atoms with van der Waals surface area (Å²) in [7, 11) is 0. The molecule has 0 bridgehead atoms. The molecule has 0 saturated carbocycles. The van der Waals surface area contributed by atoms with Crippen LogP contribution in [-0.2, 0) is 11.2 Å². The van der Waals surface area contributed by atoms with Crippen LogP contribution in [-0.4, -0.2) is 11.3 Å². The van der Waals surface area contributed by atoms with Crippen LogP contribution in [0.2, 0.25) is 0 Å². The van der Waals surface area contributed by atoms with Crippen LogP contribution in [0.25, 0.3) is 0 Å². The first-order chi connectivity index (χ1) is 4.34. The Kier molecular flexibility index (Phi) is 1.63. The van der Waals surface area contributed by atoms with Crippen LogP contribution in [0.15, 0.2) is 10.8 Å². The van der Waals surface area contributed by atoms with Crippen LogP contribution in [0.3, 0.4) is 0 Å². The molecule has 0 aliphatic carbocycles. The molecule has 0 saturated heterocycles. The summed E-state index contributed by atoms with van der Waals surface area (Å²) in [5.74, 6) is 0.724. The van der Waals surface area contributed by atoms with Gasteiger partial charge in [-0.1, -0.05) is 0 Å². The van der Waals surface area contributed by atoms with Gasteiger partial charge in [-0.25, -0.2) is 4.98 Å². The summed E-state index contributed by atoms with van der Waals surface area (Å²) < 4.78 is 4.85. The van der Waals surface area contributed by atoms with Crippen LogP contribution in [0.1, 0.15) is 11.5 Å². The molecule has 1 heterocycles. The Balaban J connectivity index is 2.80. The fourth-order valence-electron chi connectivity index (χ4n) is 0.603. The van der Waals surface area contributed by atoms with E-state index in [-0.39, 0.29) is 0 Å². The number of hydrogen-bond donors (Lipinski definition) is 0. The van der Waals surface area contributed by atoms with Gasteiger partial charge >= 0.3 is 0 Å². The van der Waals surface area contributed by atoms with Crippen LogP contribution in [0.5, 0.6) is 0 Å². The maximum Gasteiger partial charge on any atom is 0.181 e. The summed E-state index contributed by atoms with van der Waals surface area (Å²) in [6.07, 6.45) is 2.50. The Bertz CT molecular complexity index is 205. The van der Waals surface area contributed by atoms with Crippen molar-refractivity contribution in [3.8, 4) is 0 Å². The molecule has 9 heavy (non-hydrogen) atoms. The molecule has 3 heteroatoms. The van der Waals surface area contributed by atoms with Gasteiger partial charge in [0.15, 0.2) is 6.39 Å². The van der Waals surface area contributed by atoms with Gasteiger partial charge in [-0.05, 0) is 6.92 Å². The largest absolute Gasteiger partial charge is 0.449 e. The highest BCUT2D eigenvalue weighted by Gasteiger charge is 1.99. The highest BCUT2D eigenvalue weighted by atomic mass is 16.3. The van der Waals surface area contributed by atoms with E-state index in [4.69, 9.17) is 4.42 Å². The Morgan fingerprint density at radius 2 is 2.67 bits per heavy atom. The third kappa shape index (κ3) is 1.16. The highest BCUT2D eigenvalue weighted by Crippen LogP contribution is 2.02. The second kappa shape index (κ2) is 2.44. The molecule has 1 aromatic heterocycles. The van der Waals surface area contributed by atoms with E-state index < -0.39 is 0 Å². The van der Waals surface area contributed by atoms with Crippen molar-refractivity contribution < 1.29 is 9.21 Å². The number of aryl methyl sites for hydroxylation is 1. The summed E-state index contributed by atoms with van der Waals surface area (Å²) >= 11 is 0. The first-order valence-electron chi connectivity index (χ1n) is 2.67. The standard InChI is InChI=1S/C6H7NO2/c1-5-6(2-3-8)7-4-9-5/h3-4H,2H2,1H3. The Morgan fingerprint density at radius 3 is 3.11 bits per heavy atom. The normalized spacial score (nSPS) is 9.44. The summed E-state index contributed by atoms with van der Waals surface area (Å²) in [6.45, 7) is 1.78. The molecular formula is C6H7NO2. The van der Waals surface area contributed by atoms with E-state index in [1.807, 2.05) is 0 Å². The minimum Gasteiger partial charge on any atom is -0.449 e. The summed E-state index contributed by atoms with van der Waals surface area (Å²) in [6, 6.07) is 0. The third-order valence-corrected chi connectivity index (χ3v) is 1.12. The SMILES string of the molecule is Cc1ocnc1CC=O. The molecule has 0 amide bonds. The first-order valence-corrected chi connectivity index (χ1v) is 2.67. The predicted octanol–water partition coefficient (Wildman–Crippen LogP) is 0.724. The zero-order chi connectivity index (χ0) is 6.69. The van der Waals surface area contributed by atoms with E-state index in [0.717, 1.165) is 17.7 Å². The number of hydrogen-bond acceptors (Lipinski definition) is 3. The third-order valence-electron chi connectivity index (χ3n) is 1.12. The van der Waals surface area contributed by atoms with E-state index >= 15 is 0 Å². The fourth-order valence-corrected chi connectivity index (χ4v) is 0.603. The maximum absolute atomic E-state index is 9.94. The smallest absolute Gasteiger partial charge is 0.181 e. The molecule has 1 aromatic rings. The van der Waals surface area contributed by atoms with Crippen molar-refractivity contribution in [3.63, 3.8) is 0 Å². The average Bonchev–Trinajstić information content (AvgIpc) is 2.18. The molecule has 0 fully saturated rings. The van der Waals surface area contributed by atoms with E-state index in [1.54, 1.807) is 6.92 Å². The molecule has 0 spiro atoms. The predicted molar refractivity (Wildman–Crippen MR) is 31.0 cm³/mol. The molecule has 0 aromatic carbocycles. The molecule has 0 aliphatic heterocycles. The van der Waals surface area contributed by atoms with E-state index in [1.165, 1.54) is 6.39 Å². The molecule has 1 rings (SSSR count). The van der Waals surface area contributed by atoms with Gasteiger partial charge in [0.1, 0.15) is 12.0 Å². The maximum atomic E-state index is 9.94. The number of nitrogens with zero attached hydrogens (tertiary/aromatic N) is 1. The second-order valence-corrected chi connectivity index (χ2v) is 1.73. The van der Waals surface area contributed by atoms with Crippen molar-refractivity contribution in [2.45, 2.75) is 13.3 Å². The highest BCUT2D eigenvalue weighted by molar-refractivity contribution is 5.53. The molecule has 0 radical (unpaired) electrons. The van der Waals surface area contributed by atoms with E-state index in [2.05, 4.69) is 4.98 Å². The topological polar surface area (TPSA) is 43.1 Å². The molecular weight excluding hydrogens is 118 g/mol. The Labute approximate surface area is 52.7 Å². The lowest BCUT2D eigenvalue weighted by atomic mass is 10.3. The van der Waals surface area contributed by atoms with Crippen LogP contribution >= 0.6 is 0 Å². The van der Waals surface area contributed by atoms with Gasteiger partial charge in [0.25, 0.3) is 0 Å². The molecule has 0 atom stereocenters. The molecule has 3 nitrogen and oxygen atoms in total. The minimum absolute atomic E-state index is 0.350. The van der Waals surface area contributed by atoms with Gasteiger partial charge in [0.2, 0.25) is 0 Å². The van der Waals surface area contributed by atoms with Crippen molar-refractivity contribution >= 4 is 6.29 Å². The lowest BCUT2D eigenvalue weighted by Crippen LogP contribution is -1.86. The van der Waals surface area contributed by atoms with Gasteiger partial charge < -0.3 is 9.21 Å². The van der Waals surface area contributed by atoms with Crippen molar-refractivity contribution in [2.24, 2.45) is 0 Å². The fraction of sp³-hybridized carbons (Fsp3) is 0.333. The second-order valence-electron chi connectivity index (χ2n) is 1.73. The molecule has 48 valence electrons. The lowest BCUT2D eigenvalue weighted by molar-refractivity contribution is -0.107. The van der Waals surface area contributed by atoms with E-state index in [9.17, 15) is 4.79 Å². The number of oxazole rings is 1. The van der Waals surface area contributed by atoms with Gasteiger partial charge in [-0.3, -0.25) is 0 Å². The zero-order valence-electron chi connectivity index (χ0n) is 5.13. The quantitative estimate of drug-likeness (QED) is 0.547. The van der Waals surface area contributed by atoms with Gasteiger partial charge in [-0.2, -0.15) is 0 Å². The number of aldehydes is 1. The van der Waals surface area contributed by atoms with Crippen LogP contribution < -0.4 is 0 Å². The molecule has 0 N–H and O–H groups in total. The van der Waals surface area contributed by atoms with Gasteiger partial charge in [0.05, 0.1) is 5.69 Å². The first kappa shape index (κ1) is 6.01. The number of rotatable bonds is 2. The lowest BCUT2D eigenvalue weighted by Gasteiger charge is -1.83. The van der Waals surface area contributed by atoms with Crippen molar-refractivity contribution in [1.29, 1.82) is 0 Å². The average molecular weight is 125 g/mol. The van der Waals surface area contributed by atoms with E-state index in [0.29, 0.717) is 6.42 Å². The Morgan fingerprint density at radius 1 is 1.89 bits per heavy atom. The number of carbonyl (C=O) groups excluding carboxylic acids is 1. The van der Waals surface area contributed by atoms with Crippen molar-refractivity contribution in [2.75, 3.05) is 0 Å². The summed E-state index contributed by atoms with van der Waals surface area (Å²) in [5.41, 5.74) is 0.727. The minimum atomic E-state index is 0.350. The van der Waals surface area contributed by atoms with Crippen molar-refractivity contribution in [3.05, 3.63) is 17.8 Å². The monoisotopic (exact) mass is 125 g/mol. The van der Waals surface area contributed by atoms with Crippen LogP contribution in [0.4, 0.5) is 0 Å². The summed E-state index contributed by atoms with van der Waals surface area (Å²) in [4.78, 5) is 13.8. The number of carbonyl (C=O) groups is 1. The molecule has 0 aliphatic rings. The Hall–Kier alpha value is -1.12. The zero-order valence-corrected chi connectivity index (χ0v) is 5.13. The van der Waals surface area contributed by atoms with Crippen LogP contribution in [0, 0.1) is 6.92 Å².